The van der Waals surface area contributed by atoms with Crippen molar-refractivity contribution in [1.29, 1.82) is 0 Å². The van der Waals surface area contributed by atoms with Gasteiger partial charge in [-0.2, -0.15) is 0 Å². The summed E-state index contributed by atoms with van der Waals surface area (Å²) in [6, 6.07) is 50.3. The molecule has 1 heterocycles. The van der Waals surface area contributed by atoms with Gasteiger partial charge < -0.3 is 19.3 Å². The Bertz CT molecular complexity index is 2120. The number of thioether (sulfide) groups is 1. The molecule has 7 rings (SSSR count). The number of aliphatic hydroxyl groups is 1. The minimum atomic E-state index is -1.25. The second-order valence-electron chi connectivity index (χ2n) is 12.2. The van der Waals surface area contributed by atoms with Gasteiger partial charge in [0.2, 0.25) is 0 Å². The van der Waals surface area contributed by atoms with Gasteiger partial charge in [-0.05, 0) is 69.8 Å². The van der Waals surface area contributed by atoms with Crippen molar-refractivity contribution in [3.05, 3.63) is 180 Å². The summed E-state index contributed by atoms with van der Waals surface area (Å²) in [5.41, 5.74) is 5.47. The topological polar surface area (TPSA) is 99.1 Å². The highest BCUT2D eigenvalue weighted by atomic mass is 32.2. The van der Waals surface area contributed by atoms with Crippen molar-refractivity contribution in [1.82, 2.24) is 0 Å². The van der Waals surface area contributed by atoms with E-state index < -0.39 is 40.8 Å². The molecule has 8 heteroatoms. The number of aliphatic hydroxyl groups excluding tert-OH is 1. The van der Waals surface area contributed by atoms with Gasteiger partial charge in [-0.1, -0.05) is 127 Å². The Morgan fingerprint density at radius 2 is 0.769 bits per heavy atom. The molecule has 1 unspecified atom stereocenters. The molecule has 0 bridgehead atoms. The maximum absolute atomic E-state index is 13.5. The highest BCUT2D eigenvalue weighted by Crippen LogP contribution is 2.38. The van der Waals surface area contributed by atoms with Crippen LogP contribution < -0.4 is 0 Å². The van der Waals surface area contributed by atoms with E-state index in [1.807, 2.05) is 127 Å². The quantitative estimate of drug-likeness (QED) is 0.112. The molecule has 1 fully saturated rings. The minimum Gasteiger partial charge on any atom is -0.461 e. The molecule has 0 spiro atoms. The van der Waals surface area contributed by atoms with Crippen molar-refractivity contribution in [2.24, 2.45) is 0 Å². The molecule has 6 aromatic carbocycles. The smallest absolute Gasteiger partial charge is 0.338 e. The summed E-state index contributed by atoms with van der Waals surface area (Å²) in [5, 5.41) is 10.4. The second kappa shape index (κ2) is 15.9. The third kappa shape index (κ3) is 7.99. The maximum atomic E-state index is 13.5. The molecule has 0 aliphatic carbocycles. The Kier molecular flexibility index (Phi) is 10.6. The lowest BCUT2D eigenvalue weighted by molar-refractivity contribution is -0.0557. The fourth-order valence-electron chi connectivity index (χ4n) is 6.02. The van der Waals surface area contributed by atoms with Gasteiger partial charge in [0.1, 0.15) is 12.0 Å². The van der Waals surface area contributed by atoms with Gasteiger partial charge in [-0.25, -0.2) is 14.4 Å². The van der Waals surface area contributed by atoms with Gasteiger partial charge in [-0.15, -0.1) is 11.8 Å². The average molecular weight is 707 g/mol. The molecule has 7 nitrogen and oxygen atoms in total. The van der Waals surface area contributed by atoms with Crippen LogP contribution in [0.1, 0.15) is 31.1 Å². The predicted molar refractivity (Wildman–Crippen MR) is 202 cm³/mol. The first-order valence-corrected chi connectivity index (χ1v) is 17.8. The molecule has 4 atom stereocenters. The van der Waals surface area contributed by atoms with Crippen LogP contribution in [0.2, 0.25) is 0 Å². The van der Waals surface area contributed by atoms with Crippen LogP contribution in [-0.4, -0.2) is 52.5 Å². The first kappa shape index (κ1) is 34.5. The van der Waals surface area contributed by atoms with E-state index in [4.69, 9.17) is 14.2 Å². The van der Waals surface area contributed by atoms with E-state index in [0.717, 1.165) is 45.1 Å². The lowest BCUT2D eigenvalue weighted by Gasteiger charge is -2.24. The Labute approximate surface area is 305 Å². The summed E-state index contributed by atoms with van der Waals surface area (Å²) < 4.78 is 17.5. The van der Waals surface area contributed by atoms with Crippen LogP contribution in [0.5, 0.6) is 0 Å². The van der Waals surface area contributed by atoms with Gasteiger partial charge in [0.15, 0.2) is 12.2 Å². The Hall–Kier alpha value is -5.96. The summed E-state index contributed by atoms with van der Waals surface area (Å²) >= 11 is 1.02. The lowest BCUT2D eigenvalue weighted by atomic mass is 10.0. The number of benzene rings is 6. The van der Waals surface area contributed by atoms with Crippen molar-refractivity contribution in [2.75, 3.05) is 6.61 Å². The zero-order valence-electron chi connectivity index (χ0n) is 27.9. The van der Waals surface area contributed by atoms with Gasteiger partial charge in [-0.3, -0.25) is 0 Å². The molecular weight excluding hydrogens is 673 g/mol. The van der Waals surface area contributed by atoms with E-state index in [1.165, 1.54) is 0 Å². The van der Waals surface area contributed by atoms with E-state index in [2.05, 4.69) is 0 Å². The van der Waals surface area contributed by atoms with Crippen molar-refractivity contribution in [3.63, 3.8) is 0 Å². The predicted octanol–water partition coefficient (Wildman–Crippen LogP) is 8.73. The van der Waals surface area contributed by atoms with E-state index in [9.17, 15) is 19.5 Å². The van der Waals surface area contributed by atoms with Crippen LogP contribution in [0, 0.1) is 0 Å². The van der Waals surface area contributed by atoms with Crippen LogP contribution in [0.25, 0.3) is 33.4 Å². The zero-order chi connectivity index (χ0) is 35.9. The van der Waals surface area contributed by atoms with Crippen LogP contribution in [0.15, 0.2) is 164 Å². The van der Waals surface area contributed by atoms with Crippen LogP contribution >= 0.6 is 11.8 Å². The Morgan fingerprint density at radius 3 is 1.15 bits per heavy atom. The molecule has 1 saturated heterocycles. The first-order chi connectivity index (χ1) is 25.4. The molecule has 0 radical (unpaired) electrons. The van der Waals surface area contributed by atoms with E-state index in [0.29, 0.717) is 5.56 Å². The van der Waals surface area contributed by atoms with Crippen molar-refractivity contribution < 1.29 is 33.7 Å². The van der Waals surface area contributed by atoms with Crippen LogP contribution in [0.4, 0.5) is 0 Å². The fraction of sp³-hybridized carbons (Fsp3) is 0.114. The first-order valence-electron chi connectivity index (χ1n) is 16.8. The summed E-state index contributed by atoms with van der Waals surface area (Å²) in [4.78, 5) is 40.0. The summed E-state index contributed by atoms with van der Waals surface area (Å²) in [6.45, 7) is -0.203. The third-order valence-corrected chi connectivity index (χ3v) is 10.1. The Morgan fingerprint density at radius 1 is 0.442 bits per heavy atom. The highest BCUT2D eigenvalue weighted by Gasteiger charge is 2.49. The number of hydrogen-bond donors (Lipinski definition) is 1. The van der Waals surface area contributed by atoms with E-state index in [-0.39, 0.29) is 17.7 Å². The zero-order valence-corrected chi connectivity index (χ0v) is 28.7. The van der Waals surface area contributed by atoms with E-state index in [1.54, 1.807) is 36.4 Å². The third-order valence-electron chi connectivity index (χ3n) is 8.83. The lowest BCUT2D eigenvalue weighted by Crippen LogP contribution is -2.41. The molecular formula is C44H34O7S. The maximum Gasteiger partial charge on any atom is 0.338 e. The van der Waals surface area contributed by atoms with Gasteiger partial charge in [0, 0.05) is 0 Å². The average Bonchev–Trinajstić information content (AvgIpc) is 3.50. The van der Waals surface area contributed by atoms with Crippen LogP contribution in [-0.2, 0) is 14.2 Å². The molecule has 0 aromatic heterocycles. The molecule has 52 heavy (non-hydrogen) atoms. The summed E-state index contributed by atoms with van der Waals surface area (Å²) in [7, 11) is 0. The van der Waals surface area contributed by atoms with Gasteiger partial charge in [0.25, 0.3) is 0 Å². The number of esters is 3. The molecule has 0 saturated carbocycles. The SMILES string of the molecule is O=C(OC[C@H]1SC(O)[C@H](OC(=O)c2ccc(-c3ccccc3)cc2)[C@H]1OC(=O)c1ccc(-c2ccccc2)cc1)c1ccc(-c2ccccc2)cc1. The molecule has 1 N–H and O–H groups in total. The number of hydrogen-bond acceptors (Lipinski definition) is 8. The number of carbonyl (C=O) groups is 3. The van der Waals surface area contributed by atoms with E-state index >= 15 is 0 Å². The van der Waals surface area contributed by atoms with Crippen molar-refractivity contribution >= 4 is 29.7 Å². The Balaban J connectivity index is 1.07. The molecule has 1 aliphatic heterocycles. The molecule has 1 aliphatic rings. The summed E-state index contributed by atoms with van der Waals surface area (Å²) in [5.74, 6) is -1.93. The normalized spacial score (nSPS) is 17.9. The van der Waals surface area contributed by atoms with Gasteiger partial charge in [0.05, 0.1) is 21.9 Å². The summed E-state index contributed by atoms with van der Waals surface area (Å²) in [6.07, 6.45) is -2.35. The standard InChI is InChI=1S/C44H34O7S/c45-41(35-22-16-32(17-23-35)29-10-4-1-5-11-29)49-28-38-39(50-42(46)36-24-18-33(19-25-36)30-12-6-2-7-13-30)40(44(48)52-38)51-43(47)37-26-20-34(21-27-37)31-14-8-3-9-15-31/h1-27,38-40,44,48H,28H2/t38-,39+,40-,44?/m1/s1. The number of rotatable bonds is 10. The number of carbonyl (C=O) groups excluding carboxylic acids is 3. The minimum absolute atomic E-state index is 0.203. The molecule has 6 aromatic rings. The van der Waals surface area contributed by atoms with Crippen molar-refractivity contribution in [2.45, 2.75) is 22.9 Å². The molecule has 258 valence electrons. The van der Waals surface area contributed by atoms with Crippen LogP contribution in [0.3, 0.4) is 0 Å². The van der Waals surface area contributed by atoms with Gasteiger partial charge >= 0.3 is 17.9 Å². The monoisotopic (exact) mass is 706 g/mol. The highest BCUT2D eigenvalue weighted by molar-refractivity contribution is 8.00. The molecule has 0 amide bonds. The second-order valence-corrected chi connectivity index (χ2v) is 13.6. The van der Waals surface area contributed by atoms with Crippen molar-refractivity contribution in [3.8, 4) is 33.4 Å². The number of ether oxygens (including phenoxy) is 3. The fourth-order valence-corrected chi connectivity index (χ4v) is 7.26. The largest absolute Gasteiger partial charge is 0.461 e.